The molecule has 0 amide bonds. The van der Waals surface area contributed by atoms with Crippen LogP contribution in [0.15, 0.2) is 18.3 Å². The third-order valence-corrected chi connectivity index (χ3v) is 1.64. The van der Waals surface area contributed by atoms with Crippen molar-refractivity contribution in [1.29, 1.82) is 0 Å². The Morgan fingerprint density at radius 2 is 2.33 bits per heavy atom. The first-order chi connectivity index (χ1) is 5.83. The lowest BCUT2D eigenvalue weighted by atomic mass is 10.3. The van der Waals surface area contributed by atoms with Crippen LogP contribution in [0.25, 0.3) is 0 Å². The van der Waals surface area contributed by atoms with E-state index in [1.165, 1.54) is 0 Å². The molecule has 3 heteroatoms. The number of thiol groups is 1. The summed E-state index contributed by atoms with van der Waals surface area (Å²) in [5.74, 6) is 6.70. The zero-order chi connectivity index (χ0) is 8.81. The van der Waals surface area contributed by atoms with Gasteiger partial charge in [0.1, 0.15) is 5.15 Å². The van der Waals surface area contributed by atoms with E-state index in [2.05, 4.69) is 29.5 Å². The van der Waals surface area contributed by atoms with Gasteiger partial charge in [0.05, 0.1) is 0 Å². The minimum atomic E-state index is 0.495. The van der Waals surface area contributed by atoms with Crippen molar-refractivity contribution in [3.63, 3.8) is 0 Å². The van der Waals surface area contributed by atoms with Crippen LogP contribution in [0.4, 0.5) is 0 Å². The van der Waals surface area contributed by atoms with E-state index in [-0.39, 0.29) is 0 Å². The number of pyridine rings is 1. The molecular formula is C9H8ClNS. The van der Waals surface area contributed by atoms with E-state index >= 15 is 0 Å². The van der Waals surface area contributed by atoms with Crippen molar-refractivity contribution in [2.24, 2.45) is 0 Å². The molecule has 0 atom stereocenters. The second kappa shape index (κ2) is 5.08. The topological polar surface area (TPSA) is 12.9 Å². The van der Waals surface area contributed by atoms with Crippen LogP contribution in [0.5, 0.6) is 0 Å². The minimum absolute atomic E-state index is 0.495. The molecule has 0 aromatic carbocycles. The standard InChI is InChI=1S/C9H8ClNS/c10-9-5-4-8(7-11-9)3-1-2-6-12/h4-5,7,12H,2,6H2. The molecule has 0 radical (unpaired) electrons. The Balaban J connectivity index is 2.66. The molecule has 1 heterocycles. The average molecular weight is 198 g/mol. The Bertz CT molecular complexity index is 297. The summed E-state index contributed by atoms with van der Waals surface area (Å²) in [6.07, 6.45) is 2.46. The van der Waals surface area contributed by atoms with Crippen LogP contribution in [0.3, 0.4) is 0 Å². The average Bonchev–Trinajstić information content (AvgIpc) is 2.09. The molecule has 0 bridgehead atoms. The SMILES string of the molecule is SCCC#Cc1ccc(Cl)nc1. The lowest BCUT2D eigenvalue weighted by molar-refractivity contribution is 1.29. The summed E-state index contributed by atoms with van der Waals surface area (Å²) in [4.78, 5) is 3.90. The van der Waals surface area contributed by atoms with Gasteiger partial charge in [0.2, 0.25) is 0 Å². The fourth-order valence-electron chi connectivity index (χ4n) is 0.670. The minimum Gasteiger partial charge on any atom is -0.243 e. The van der Waals surface area contributed by atoms with E-state index in [4.69, 9.17) is 11.6 Å². The van der Waals surface area contributed by atoms with E-state index in [1.807, 2.05) is 6.07 Å². The van der Waals surface area contributed by atoms with Crippen LogP contribution in [0, 0.1) is 11.8 Å². The molecule has 1 aromatic heterocycles. The van der Waals surface area contributed by atoms with Crippen molar-refractivity contribution in [2.45, 2.75) is 6.42 Å². The Morgan fingerprint density at radius 3 is 2.92 bits per heavy atom. The number of aromatic nitrogens is 1. The predicted octanol–water partition coefficient (Wildman–Crippen LogP) is 2.41. The highest BCUT2D eigenvalue weighted by atomic mass is 35.5. The van der Waals surface area contributed by atoms with Crippen LogP contribution in [0.2, 0.25) is 5.15 Å². The maximum atomic E-state index is 5.60. The fraction of sp³-hybridized carbons (Fsp3) is 0.222. The van der Waals surface area contributed by atoms with Gasteiger partial charge in [-0.1, -0.05) is 23.4 Å². The largest absolute Gasteiger partial charge is 0.243 e. The molecule has 1 rings (SSSR count). The number of halogens is 1. The zero-order valence-corrected chi connectivity index (χ0v) is 8.07. The summed E-state index contributed by atoms with van der Waals surface area (Å²) >= 11 is 9.65. The number of hydrogen-bond acceptors (Lipinski definition) is 2. The fourth-order valence-corrected chi connectivity index (χ4v) is 0.894. The maximum Gasteiger partial charge on any atom is 0.129 e. The first-order valence-electron chi connectivity index (χ1n) is 3.54. The van der Waals surface area contributed by atoms with Gasteiger partial charge in [0, 0.05) is 23.9 Å². The van der Waals surface area contributed by atoms with Gasteiger partial charge < -0.3 is 0 Å². The van der Waals surface area contributed by atoms with Gasteiger partial charge in [-0.25, -0.2) is 4.98 Å². The lowest BCUT2D eigenvalue weighted by Gasteiger charge is -1.88. The molecule has 0 saturated carbocycles. The molecule has 0 saturated heterocycles. The van der Waals surface area contributed by atoms with Crippen molar-refractivity contribution in [3.05, 3.63) is 29.0 Å². The van der Waals surface area contributed by atoms with Gasteiger partial charge in [-0.15, -0.1) is 0 Å². The van der Waals surface area contributed by atoms with Gasteiger partial charge in [-0.2, -0.15) is 12.6 Å². The van der Waals surface area contributed by atoms with Crippen molar-refractivity contribution in [2.75, 3.05) is 5.75 Å². The van der Waals surface area contributed by atoms with E-state index in [0.29, 0.717) is 5.15 Å². The smallest absolute Gasteiger partial charge is 0.129 e. The van der Waals surface area contributed by atoms with Gasteiger partial charge in [-0.3, -0.25) is 0 Å². The molecule has 0 unspecified atom stereocenters. The first kappa shape index (κ1) is 9.44. The Hall–Kier alpha value is -0.650. The van der Waals surface area contributed by atoms with Crippen LogP contribution in [-0.2, 0) is 0 Å². The van der Waals surface area contributed by atoms with Crippen LogP contribution >= 0.6 is 24.2 Å². The Labute approximate surface area is 82.6 Å². The molecule has 0 N–H and O–H groups in total. The summed E-state index contributed by atoms with van der Waals surface area (Å²) in [5.41, 5.74) is 0.890. The Kier molecular flexibility index (Phi) is 3.99. The quantitative estimate of drug-likeness (QED) is 0.415. The molecule has 0 spiro atoms. The monoisotopic (exact) mass is 197 g/mol. The van der Waals surface area contributed by atoms with E-state index in [0.717, 1.165) is 17.7 Å². The number of nitrogens with zero attached hydrogens (tertiary/aromatic N) is 1. The van der Waals surface area contributed by atoms with Crippen LogP contribution in [-0.4, -0.2) is 10.7 Å². The highest BCUT2D eigenvalue weighted by molar-refractivity contribution is 7.80. The molecule has 0 aliphatic heterocycles. The second-order valence-corrected chi connectivity index (χ2v) is 2.98. The van der Waals surface area contributed by atoms with E-state index in [1.54, 1.807) is 12.3 Å². The van der Waals surface area contributed by atoms with Crippen molar-refractivity contribution < 1.29 is 0 Å². The first-order valence-corrected chi connectivity index (χ1v) is 4.55. The summed E-state index contributed by atoms with van der Waals surface area (Å²) in [6, 6.07) is 3.58. The molecule has 1 aromatic rings. The summed E-state index contributed by atoms with van der Waals surface area (Å²) in [6.45, 7) is 0. The van der Waals surface area contributed by atoms with E-state index < -0.39 is 0 Å². The third-order valence-electron chi connectivity index (χ3n) is 1.20. The molecule has 62 valence electrons. The normalized spacial score (nSPS) is 8.83. The van der Waals surface area contributed by atoms with Gasteiger partial charge in [-0.05, 0) is 12.1 Å². The highest BCUT2D eigenvalue weighted by Crippen LogP contribution is 2.03. The summed E-state index contributed by atoms with van der Waals surface area (Å²) in [7, 11) is 0. The maximum absolute atomic E-state index is 5.60. The highest BCUT2D eigenvalue weighted by Gasteiger charge is 1.87. The molecule has 0 fully saturated rings. The van der Waals surface area contributed by atoms with Crippen molar-refractivity contribution in [1.82, 2.24) is 4.98 Å². The van der Waals surface area contributed by atoms with Crippen LogP contribution < -0.4 is 0 Å². The van der Waals surface area contributed by atoms with Crippen molar-refractivity contribution >= 4 is 24.2 Å². The van der Waals surface area contributed by atoms with Crippen LogP contribution in [0.1, 0.15) is 12.0 Å². The van der Waals surface area contributed by atoms with E-state index in [9.17, 15) is 0 Å². The van der Waals surface area contributed by atoms with Gasteiger partial charge in [0.25, 0.3) is 0 Å². The molecular weight excluding hydrogens is 190 g/mol. The predicted molar refractivity (Wildman–Crippen MR) is 54.6 cm³/mol. The number of hydrogen-bond donors (Lipinski definition) is 1. The number of rotatable bonds is 1. The van der Waals surface area contributed by atoms with Crippen molar-refractivity contribution in [3.8, 4) is 11.8 Å². The summed E-state index contributed by atoms with van der Waals surface area (Å²) < 4.78 is 0. The molecule has 1 nitrogen and oxygen atoms in total. The molecule has 12 heavy (non-hydrogen) atoms. The van der Waals surface area contributed by atoms with Gasteiger partial charge >= 0.3 is 0 Å². The molecule has 0 aliphatic rings. The molecule has 0 aliphatic carbocycles. The Morgan fingerprint density at radius 1 is 1.50 bits per heavy atom. The summed E-state index contributed by atoms with van der Waals surface area (Å²) in [5, 5.41) is 0.495. The zero-order valence-electron chi connectivity index (χ0n) is 6.42. The van der Waals surface area contributed by atoms with Gasteiger partial charge in [0.15, 0.2) is 0 Å². The third kappa shape index (κ3) is 3.17. The second-order valence-electron chi connectivity index (χ2n) is 2.14. The lowest BCUT2D eigenvalue weighted by Crippen LogP contribution is -1.77.